The molecular weight excluding hydrogens is 450 g/mol. The average Bonchev–Trinajstić information content (AvgIpc) is 3.36. The number of rotatable bonds is 5. The zero-order chi connectivity index (χ0) is 24.3. The lowest BCUT2D eigenvalue weighted by atomic mass is 9.72. The van der Waals surface area contributed by atoms with Crippen LogP contribution < -0.4 is 9.74 Å². The topological polar surface area (TPSA) is 63.5 Å². The fourth-order valence-electron chi connectivity index (χ4n) is 6.74. The van der Waals surface area contributed by atoms with Gasteiger partial charge in [-0.25, -0.2) is 4.79 Å². The van der Waals surface area contributed by atoms with Crippen molar-refractivity contribution in [1.82, 2.24) is 20.1 Å². The highest BCUT2D eigenvalue weighted by atomic mass is 16.7. The van der Waals surface area contributed by atoms with Gasteiger partial charge in [-0.05, 0) is 79.1 Å². The summed E-state index contributed by atoms with van der Waals surface area (Å²) in [5.41, 5.74) is 3.03. The van der Waals surface area contributed by atoms with E-state index in [0.29, 0.717) is 16.6 Å². The monoisotopic (exact) mass is 487 g/mol. The quantitative estimate of drug-likeness (QED) is 0.474. The van der Waals surface area contributed by atoms with E-state index >= 15 is 0 Å². The molecule has 0 radical (unpaired) electrons. The smallest absolute Gasteiger partial charge is 0.365 e. The van der Waals surface area contributed by atoms with Crippen molar-refractivity contribution in [2.45, 2.75) is 63.8 Å². The number of benzene rings is 2. The molecule has 2 saturated carbocycles. The lowest BCUT2D eigenvalue weighted by Crippen LogP contribution is -2.51. The van der Waals surface area contributed by atoms with Gasteiger partial charge >= 0.3 is 5.97 Å². The van der Waals surface area contributed by atoms with Gasteiger partial charge in [0.25, 0.3) is 0 Å². The number of aromatic nitrogens is 3. The summed E-state index contributed by atoms with van der Waals surface area (Å²) in [7, 11) is 0. The zero-order valence-corrected chi connectivity index (χ0v) is 21.1. The van der Waals surface area contributed by atoms with E-state index in [2.05, 4.69) is 20.1 Å². The Morgan fingerprint density at radius 3 is 2.22 bits per heavy atom. The minimum Gasteiger partial charge on any atom is -0.369 e. The van der Waals surface area contributed by atoms with Crippen LogP contribution in [-0.4, -0.2) is 58.2 Å². The molecule has 0 bridgehead atoms. The Labute approximate surface area is 213 Å². The molecule has 3 aliphatic rings. The molecule has 36 heavy (non-hydrogen) atoms. The molecule has 6 rings (SSSR count). The molecule has 1 saturated heterocycles. The summed E-state index contributed by atoms with van der Waals surface area (Å²) in [6.07, 6.45) is 13.0. The van der Waals surface area contributed by atoms with Gasteiger partial charge in [-0.3, -0.25) is 4.90 Å². The number of hydrogen-bond acceptors (Lipinski definition) is 6. The van der Waals surface area contributed by atoms with Crippen molar-refractivity contribution in [3.8, 4) is 0 Å². The predicted molar refractivity (Wildman–Crippen MR) is 141 cm³/mol. The van der Waals surface area contributed by atoms with E-state index in [-0.39, 0.29) is 0 Å². The van der Waals surface area contributed by atoms with Crippen LogP contribution in [0.3, 0.4) is 0 Å². The number of carbonyl (C=O) groups excluding carboxylic acids is 1. The van der Waals surface area contributed by atoms with Crippen molar-refractivity contribution >= 4 is 22.7 Å². The van der Waals surface area contributed by atoms with Crippen molar-refractivity contribution in [1.29, 1.82) is 0 Å². The maximum absolute atomic E-state index is 12.7. The van der Waals surface area contributed by atoms with Crippen LogP contribution in [-0.2, 0) is 0 Å². The highest BCUT2D eigenvalue weighted by Crippen LogP contribution is 2.39. The van der Waals surface area contributed by atoms with Gasteiger partial charge in [-0.1, -0.05) is 49.1 Å². The molecule has 190 valence electrons. The fraction of sp³-hybridized carbons (Fsp3) is 0.552. The van der Waals surface area contributed by atoms with Crippen LogP contribution in [0.15, 0.2) is 48.5 Å². The van der Waals surface area contributed by atoms with E-state index in [4.69, 9.17) is 4.84 Å². The number of fused-ring (bicyclic) bond motifs is 1. The second-order valence-electron chi connectivity index (χ2n) is 10.9. The molecule has 2 heterocycles. The first-order valence-corrected chi connectivity index (χ1v) is 13.9. The number of para-hydroxylation sites is 1. The van der Waals surface area contributed by atoms with E-state index in [1.54, 1.807) is 0 Å². The molecule has 0 unspecified atom stereocenters. The maximum Gasteiger partial charge on any atom is 0.365 e. The molecule has 3 aromatic rings. The molecule has 0 atom stereocenters. The summed E-state index contributed by atoms with van der Waals surface area (Å²) >= 11 is 0. The summed E-state index contributed by atoms with van der Waals surface area (Å²) in [6, 6.07) is 15.9. The largest absolute Gasteiger partial charge is 0.369 e. The van der Waals surface area contributed by atoms with Crippen LogP contribution in [0.25, 0.3) is 11.0 Å². The Bertz CT molecular complexity index is 1150. The van der Waals surface area contributed by atoms with Gasteiger partial charge in [0.05, 0.1) is 5.56 Å². The summed E-state index contributed by atoms with van der Waals surface area (Å²) in [5.74, 6) is 1.58. The van der Waals surface area contributed by atoms with Crippen molar-refractivity contribution < 1.29 is 9.63 Å². The van der Waals surface area contributed by atoms with Crippen LogP contribution >= 0.6 is 0 Å². The summed E-state index contributed by atoms with van der Waals surface area (Å²) in [6.45, 7) is 4.33. The minimum atomic E-state index is -0.439. The first-order valence-electron chi connectivity index (χ1n) is 13.9. The van der Waals surface area contributed by atoms with Crippen LogP contribution in [0.2, 0.25) is 0 Å². The predicted octanol–water partition coefficient (Wildman–Crippen LogP) is 4.96. The van der Waals surface area contributed by atoms with Crippen LogP contribution in [0.5, 0.6) is 0 Å². The van der Waals surface area contributed by atoms with E-state index in [0.717, 1.165) is 44.1 Å². The van der Waals surface area contributed by atoms with Gasteiger partial charge in [0.15, 0.2) is 0 Å². The van der Waals surface area contributed by atoms with Crippen LogP contribution in [0.1, 0.15) is 68.1 Å². The van der Waals surface area contributed by atoms with Gasteiger partial charge < -0.3 is 9.74 Å². The van der Waals surface area contributed by atoms with Crippen molar-refractivity contribution in [3.05, 3.63) is 54.1 Å². The maximum atomic E-state index is 12.7. The molecule has 3 fully saturated rings. The van der Waals surface area contributed by atoms with E-state index in [1.165, 1.54) is 68.3 Å². The van der Waals surface area contributed by atoms with E-state index in [1.807, 2.05) is 48.5 Å². The Morgan fingerprint density at radius 1 is 0.778 bits per heavy atom. The Morgan fingerprint density at radius 2 is 1.47 bits per heavy atom. The second-order valence-corrected chi connectivity index (χ2v) is 10.9. The number of carbonyl (C=O) groups is 1. The molecule has 1 aromatic heterocycles. The molecule has 0 spiro atoms. The standard InChI is InChI=1S/C29H37N5O2/c35-29(36-34-28-9-5-4-8-27(28)30-31-34)24-12-16-26(17-13-24)33-20-18-32(19-21-33)25-14-10-23(11-15-25)22-6-2-1-3-7-22/h4-5,8-9,12-13,16-17,22-23,25H,1-3,6-7,10-11,14-15,18-21H2/t23-,25+. The van der Waals surface area contributed by atoms with Gasteiger partial charge in [0, 0.05) is 37.9 Å². The number of nitrogens with zero attached hydrogens (tertiary/aromatic N) is 5. The Balaban J connectivity index is 0.992. The molecular formula is C29H37N5O2. The van der Waals surface area contributed by atoms with Crippen LogP contribution in [0, 0.1) is 11.8 Å². The third kappa shape index (κ3) is 4.99. The lowest BCUT2D eigenvalue weighted by molar-refractivity contribution is 0.0409. The van der Waals surface area contributed by atoms with Gasteiger partial charge in [0.1, 0.15) is 11.0 Å². The lowest BCUT2D eigenvalue weighted by Gasteiger charge is -2.44. The first-order chi connectivity index (χ1) is 17.7. The normalized spacial score (nSPS) is 24.2. The third-order valence-corrected chi connectivity index (χ3v) is 8.85. The zero-order valence-electron chi connectivity index (χ0n) is 21.1. The summed E-state index contributed by atoms with van der Waals surface area (Å²) in [5, 5.41) is 7.97. The molecule has 0 amide bonds. The molecule has 7 heteroatoms. The van der Waals surface area contributed by atoms with E-state index in [9.17, 15) is 4.79 Å². The number of hydrogen-bond donors (Lipinski definition) is 0. The first kappa shape index (κ1) is 23.5. The minimum absolute atomic E-state index is 0.439. The van der Waals surface area contributed by atoms with Gasteiger partial charge in [0.2, 0.25) is 0 Å². The highest BCUT2D eigenvalue weighted by molar-refractivity contribution is 5.90. The second kappa shape index (κ2) is 10.6. The fourth-order valence-corrected chi connectivity index (χ4v) is 6.74. The van der Waals surface area contributed by atoms with Crippen molar-refractivity contribution in [3.63, 3.8) is 0 Å². The highest BCUT2D eigenvalue weighted by Gasteiger charge is 2.32. The summed E-state index contributed by atoms with van der Waals surface area (Å²) < 4.78 is 0. The van der Waals surface area contributed by atoms with Crippen LogP contribution in [0.4, 0.5) is 5.69 Å². The molecule has 7 nitrogen and oxygen atoms in total. The Kier molecular flexibility index (Phi) is 6.90. The number of piperazine rings is 1. The van der Waals surface area contributed by atoms with Gasteiger partial charge in [-0.2, -0.15) is 0 Å². The number of anilines is 1. The third-order valence-electron chi connectivity index (χ3n) is 8.85. The van der Waals surface area contributed by atoms with E-state index < -0.39 is 5.97 Å². The molecule has 1 aliphatic heterocycles. The molecule has 2 aromatic carbocycles. The Hall–Kier alpha value is -2.93. The summed E-state index contributed by atoms with van der Waals surface area (Å²) in [4.78, 5) is 24.5. The SMILES string of the molecule is O=C(On1nnc2ccccc21)c1ccc(N2CCN([C@H]3CC[C@@H](C4CCCCC4)CC3)CC2)cc1. The van der Waals surface area contributed by atoms with Crippen molar-refractivity contribution in [2.75, 3.05) is 31.1 Å². The average molecular weight is 488 g/mol. The van der Waals surface area contributed by atoms with Gasteiger partial charge in [-0.15, -0.1) is 5.10 Å². The van der Waals surface area contributed by atoms with Crippen molar-refractivity contribution in [2.24, 2.45) is 11.8 Å². The molecule has 2 aliphatic carbocycles. The molecule has 0 N–H and O–H groups in total.